The number of hydrogen-bond donors (Lipinski definition) is 0. The Balaban J connectivity index is 2.92. The molecule has 1 aromatic heterocycles. The van der Waals surface area contributed by atoms with Crippen LogP contribution in [-0.4, -0.2) is 0 Å². The van der Waals surface area contributed by atoms with Gasteiger partial charge in [0, 0.05) is 11.5 Å². The molecule has 0 saturated carbocycles. The molecule has 0 aliphatic carbocycles. The second-order valence-corrected chi connectivity index (χ2v) is 2.68. The lowest BCUT2D eigenvalue weighted by Crippen LogP contribution is -1.79. The van der Waals surface area contributed by atoms with E-state index in [-0.39, 0.29) is 5.58 Å². The number of hydrogen-bond acceptors (Lipinski definition) is 1. The number of fused-ring (bicyclic) bond motifs is 1. The van der Waals surface area contributed by atoms with Crippen LogP contribution < -0.4 is 0 Å². The SMILES string of the molecule is Cc1coc2c(F)cc(F)cc12. The Morgan fingerprint density at radius 3 is 2.75 bits per heavy atom. The summed E-state index contributed by atoms with van der Waals surface area (Å²) in [5.74, 6) is -1.23. The van der Waals surface area contributed by atoms with E-state index in [1.165, 1.54) is 12.3 Å². The molecule has 0 radical (unpaired) electrons. The summed E-state index contributed by atoms with van der Waals surface area (Å²) in [7, 11) is 0. The summed E-state index contributed by atoms with van der Waals surface area (Å²) < 4.78 is 30.5. The molecule has 0 bridgehead atoms. The zero-order chi connectivity index (χ0) is 8.72. The van der Waals surface area contributed by atoms with E-state index < -0.39 is 11.6 Å². The fraction of sp³-hybridized carbons (Fsp3) is 0.111. The summed E-state index contributed by atoms with van der Waals surface area (Å²) in [4.78, 5) is 0. The van der Waals surface area contributed by atoms with Crippen LogP contribution in [0.1, 0.15) is 5.56 Å². The summed E-state index contributed by atoms with van der Waals surface area (Å²) in [5, 5.41) is 0.493. The van der Waals surface area contributed by atoms with Gasteiger partial charge in [-0.2, -0.15) is 0 Å². The third-order valence-corrected chi connectivity index (χ3v) is 1.79. The lowest BCUT2D eigenvalue weighted by molar-refractivity contribution is 0.546. The van der Waals surface area contributed by atoms with Crippen LogP contribution in [-0.2, 0) is 0 Å². The molecule has 12 heavy (non-hydrogen) atoms. The van der Waals surface area contributed by atoms with Gasteiger partial charge in [0.05, 0.1) is 6.26 Å². The fourth-order valence-electron chi connectivity index (χ4n) is 1.18. The van der Waals surface area contributed by atoms with Gasteiger partial charge in [-0.1, -0.05) is 0 Å². The summed E-state index contributed by atoms with van der Waals surface area (Å²) in [6.45, 7) is 1.74. The Labute approximate surface area is 67.6 Å². The minimum absolute atomic E-state index is 0.119. The monoisotopic (exact) mass is 168 g/mol. The lowest BCUT2D eigenvalue weighted by Gasteiger charge is -1.92. The first-order chi connectivity index (χ1) is 5.68. The van der Waals surface area contributed by atoms with Crippen LogP contribution in [0.25, 0.3) is 11.0 Å². The van der Waals surface area contributed by atoms with Gasteiger partial charge in [-0.25, -0.2) is 8.78 Å². The topological polar surface area (TPSA) is 13.1 Å². The van der Waals surface area contributed by atoms with Gasteiger partial charge >= 0.3 is 0 Å². The predicted molar refractivity (Wildman–Crippen MR) is 40.9 cm³/mol. The number of furan rings is 1. The van der Waals surface area contributed by atoms with Crippen molar-refractivity contribution in [2.45, 2.75) is 6.92 Å². The molecular weight excluding hydrogens is 162 g/mol. The Bertz CT molecular complexity index is 431. The van der Waals surface area contributed by atoms with Crippen LogP contribution in [0.15, 0.2) is 22.8 Å². The molecule has 0 spiro atoms. The molecule has 1 aromatic carbocycles. The average molecular weight is 168 g/mol. The van der Waals surface area contributed by atoms with Crippen LogP contribution >= 0.6 is 0 Å². The van der Waals surface area contributed by atoms with Crippen molar-refractivity contribution in [1.82, 2.24) is 0 Å². The first kappa shape index (κ1) is 7.28. The molecule has 0 saturated heterocycles. The van der Waals surface area contributed by atoms with E-state index >= 15 is 0 Å². The first-order valence-corrected chi connectivity index (χ1v) is 3.51. The van der Waals surface area contributed by atoms with Gasteiger partial charge in [0.25, 0.3) is 0 Å². The summed E-state index contributed by atoms with van der Waals surface area (Å²) in [6, 6.07) is 2.07. The fourth-order valence-corrected chi connectivity index (χ4v) is 1.18. The van der Waals surface area contributed by atoms with Crippen molar-refractivity contribution in [3.63, 3.8) is 0 Å². The van der Waals surface area contributed by atoms with Crippen molar-refractivity contribution in [1.29, 1.82) is 0 Å². The van der Waals surface area contributed by atoms with E-state index in [1.54, 1.807) is 6.92 Å². The lowest BCUT2D eigenvalue weighted by atomic mass is 10.2. The highest BCUT2D eigenvalue weighted by Gasteiger charge is 2.08. The number of benzene rings is 1. The van der Waals surface area contributed by atoms with Gasteiger partial charge in [-0.15, -0.1) is 0 Å². The van der Waals surface area contributed by atoms with Crippen molar-refractivity contribution in [2.75, 3.05) is 0 Å². The highest BCUT2D eigenvalue weighted by Crippen LogP contribution is 2.23. The van der Waals surface area contributed by atoms with Gasteiger partial charge in [-0.05, 0) is 18.6 Å². The predicted octanol–water partition coefficient (Wildman–Crippen LogP) is 3.02. The molecular formula is C9H6F2O. The van der Waals surface area contributed by atoms with Crippen molar-refractivity contribution in [2.24, 2.45) is 0 Å². The Hall–Kier alpha value is -1.38. The zero-order valence-corrected chi connectivity index (χ0v) is 6.40. The van der Waals surface area contributed by atoms with E-state index in [9.17, 15) is 8.78 Å². The molecule has 2 aromatic rings. The molecule has 2 rings (SSSR count). The Morgan fingerprint density at radius 1 is 1.25 bits per heavy atom. The maximum absolute atomic E-state index is 12.9. The van der Waals surface area contributed by atoms with E-state index in [4.69, 9.17) is 4.42 Å². The van der Waals surface area contributed by atoms with Crippen LogP contribution in [0, 0.1) is 18.6 Å². The standard InChI is InChI=1S/C9H6F2O/c1-5-4-12-9-7(5)2-6(10)3-8(9)11/h2-4H,1H3. The summed E-state index contributed by atoms with van der Waals surface area (Å²) in [6.07, 6.45) is 1.41. The second kappa shape index (κ2) is 2.30. The van der Waals surface area contributed by atoms with E-state index in [1.807, 2.05) is 0 Å². The van der Waals surface area contributed by atoms with Gasteiger partial charge in [-0.3, -0.25) is 0 Å². The van der Waals surface area contributed by atoms with Crippen LogP contribution in [0.3, 0.4) is 0 Å². The molecule has 0 aliphatic heterocycles. The highest BCUT2D eigenvalue weighted by molar-refractivity contribution is 5.81. The van der Waals surface area contributed by atoms with Crippen LogP contribution in [0.2, 0.25) is 0 Å². The van der Waals surface area contributed by atoms with Gasteiger partial charge < -0.3 is 4.42 Å². The molecule has 0 amide bonds. The van der Waals surface area contributed by atoms with Crippen molar-refractivity contribution in [3.05, 3.63) is 35.6 Å². The largest absolute Gasteiger partial charge is 0.461 e. The third-order valence-electron chi connectivity index (χ3n) is 1.79. The van der Waals surface area contributed by atoms with Crippen LogP contribution in [0.5, 0.6) is 0 Å². The average Bonchev–Trinajstić information content (AvgIpc) is 2.33. The quantitative estimate of drug-likeness (QED) is 0.589. The van der Waals surface area contributed by atoms with E-state index in [0.717, 1.165) is 11.6 Å². The second-order valence-electron chi connectivity index (χ2n) is 2.68. The molecule has 62 valence electrons. The van der Waals surface area contributed by atoms with Crippen molar-refractivity contribution >= 4 is 11.0 Å². The van der Waals surface area contributed by atoms with Gasteiger partial charge in [0.1, 0.15) is 5.82 Å². The minimum atomic E-state index is -0.655. The maximum atomic E-state index is 12.9. The molecule has 1 heterocycles. The molecule has 0 fully saturated rings. The van der Waals surface area contributed by atoms with Crippen molar-refractivity contribution in [3.8, 4) is 0 Å². The zero-order valence-electron chi connectivity index (χ0n) is 6.40. The van der Waals surface area contributed by atoms with E-state index in [2.05, 4.69) is 0 Å². The first-order valence-electron chi connectivity index (χ1n) is 3.51. The Kier molecular flexibility index (Phi) is 1.40. The minimum Gasteiger partial charge on any atom is -0.461 e. The number of halogens is 2. The van der Waals surface area contributed by atoms with E-state index in [0.29, 0.717) is 5.39 Å². The van der Waals surface area contributed by atoms with Crippen LogP contribution in [0.4, 0.5) is 8.78 Å². The molecule has 0 unspecified atom stereocenters. The molecule has 0 N–H and O–H groups in total. The summed E-state index contributed by atoms with van der Waals surface area (Å²) >= 11 is 0. The number of rotatable bonds is 0. The maximum Gasteiger partial charge on any atom is 0.169 e. The normalized spacial score (nSPS) is 10.9. The Morgan fingerprint density at radius 2 is 2.00 bits per heavy atom. The van der Waals surface area contributed by atoms with Gasteiger partial charge in [0.2, 0.25) is 0 Å². The molecule has 0 atom stereocenters. The smallest absolute Gasteiger partial charge is 0.169 e. The third kappa shape index (κ3) is 0.897. The molecule has 1 nitrogen and oxygen atoms in total. The number of aryl methyl sites for hydroxylation is 1. The molecule has 3 heteroatoms. The summed E-state index contributed by atoms with van der Waals surface area (Å²) in [5.41, 5.74) is 0.859. The molecule has 0 aliphatic rings. The highest BCUT2D eigenvalue weighted by atomic mass is 19.1. The van der Waals surface area contributed by atoms with Crippen molar-refractivity contribution < 1.29 is 13.2 Å². The van der Waals surface area contributed by atoms with Gasteiger partial charge in [0.15, 0.2) is 11.4 Å².